The topological polar surface area (TPSA) is 21.3 Å². The number of halogens is 1. The van der Waals surface area contributed by atoms with E-state index < -0.39 is 0 Å². The average Bonchev–Trinajstić information content (AvgIpc) is 2.62. The van der Waals surface area contributed by atoms with Gasteiger partial charge in [0.1, 0.15) is 5.75 Å². The molecule has 0 aliphatic carbocycles. The SMILES string of the molecule is COc1ccc(C)c(-c2c(C)cccc2NCc2ccccc2)c1I. The van der Waals surface area contributed by atoms with Crippen LogP contribution in [0.1, 0.15) is 16.7 Å². The van der Waals surface area contributed by atoms with E-state index in [2.05, 4.69) is 90.3 Å². The molecular weight excluding hydrogens is 421 g/mol. The van der Waals surface area contributed by atoms with Crippen LogP contribution < -0.4 is 10.1 Å². The lowest BCUT2D eigenvalue weighted by atomic mass is 9.94. The van der Waals surface area contributed by atoms with Crippen molar-refractivity contribution in [3.8, 4) is 16.9 Å². The van der Waals surface area contributed by atoms with Gasteiger partial charge in [-0.15, -0.1) is 0 Å². The standard InChI is InChI=1S/C22H22INO/c1-15-8-7-11-18(24-14-17-9-5-4-6-10-17)20(15)21-16(2)12-13-19(25-3)22(21)23/h4-13,24H,14H2,1-3H3. The van der Waals surface area contributed by atoms with Gasteiger partial charge in [0.15, 0.2) is 0 Å². The molecule has 128 valence electrons. The summed E-state index contributed by atoms with van der Waals surface area (Å²) in [5.41, 5.74) is 7.42. The van der Waals surface area contributed by atoms with Gasteiger partial charge in [-0.05, 0) is 65.3 Å². The van der Waals surface area contributed by atoms with Crippen LogP contribution in [-0.4, -0.2) is 7.11 Å². The van der Waals surface area contributed by atoms with Crippen LogP contribution in [-0.2, 0) is 6.54 Å². The molecule has 25 heavy (non-hydrogen) atoms. The van der Waals surface area contributed by atoms with Crippen molar-refractivity contribution in [2.75, 3.05) is 12.4 Å². The van der Waals surface area contributed by atoms with Gasteiger partial charge in [-0.25, -0.2) is 0 Å². The number of nitrogens with one attached hydrogen (secondary N) is 1. The summed E-state index contributed by atoms with van der Waals surface area (Å²) >= 11 is 2.39. The first-order valence-electron chi connectivity index (χ1n) is 8.32. The van der Waals surface area contributed by atoms with Gasteiger partial charge < -0.3 is 10.1 Å². The Labute approximate surface area is 163 Å². The van der Waals surface area contributed by atoms with Gasteiger partial charge in [-0.3, -0.25) is 0 Å². The largest absolute Gasteiger partial charge is 0.496 e. The van der Waals surface area contributed by atoms with E-state index in [1.54, 1.807) is 7.11 Å². The van der Waals surface area contributed by atoms with Crippen molar-refractivity contribution < 1.29 is 4.74 Å². The summed E-state index contributed by atoms with van der Waals surface area (Å²) in [4.78, 5) is 0. The monoisotopic (exact) mass is 443 g/mol. The molecule has 0 aromatic heterocycles. The van der Waals surface area contributed by atoms with E-state index in [0.717, 1.165) is 21.6 Å². The molecule has 0 bridgehead atoms. The molecule has 0 atom stereocenters. The molecular formula is C22H22INO. The fraction of sp³-hybridized carbons (Fsp3) is 0.182. The summed E-state index contributed by atoms with van der Waals surface area (Å²) in [6, 6.07) is 21.1. The average molecular weight is 443 g/mol. The highest BCUT2D eigenvalue weighted by atomic mass is 127. The second kappa shape index (κ2) is 7.91. The van der Waals surface area contributed by atoms with Gasteiger partial charge >= 0.3 is 0 Å². The van der Waals surface area contributed by atoms with E-state index >= 15 is 0 Å². The van der Waals surface area contributed by atoms with Crippen LogP contribution in [0.3, 0.4) is 0 Å². The molecule has 0 fully saturated rings. The van der Waals surface area contributed by atoms with Crippen molar-refractivity contribution >= 4 is 28.3 Å². The number of methoxy groups -OCH3 is 1. The Hall–Kier alpha value is -2.01. The molecule has 0 aliphatic heterocycles. The van der Waals surface area contributed by atoms with Gasteiger partial charge in [-0.2, -0.15) is 0 Å². The van der Waals surface area contributed by atoms with Gasteiger partial charge in [0, 0.05) is 23.4 Å². The van der Waals surface area contributed by atoms with Crippen molar-refractivity contribution in [1.82, 2.24) is 0 Å². The number of aryl methyl sites for hydroxylation is 2. The number of ether oxygens (including phenoxy) is 1. The lowest BCUT2D eigenvalue weighted by Gasteiger charge is -2.19. The lowest BCUT2D eigenvalue weighted by Crippen LogP contribution is -2.03. The van der Waals surface area contributed by atoms with Gasteiger partial charge in [0.2, 0.25) is 0 Å². The third-order valence-electron chi connectivity index (χ3n) is 4.38. The maximum Gasteiger partial charge on any atom is 0.132 e. The van der Waals surface area contributed by atoms with E-state index in [0.29, 0.717) is 0 Å². The summed E-state index contributed by atoms with van der Waals surface area (Å²) < 4.78 is 6.69. The zero-order valence-electron chi connectivity index (χ0n) is 14.8. The fourth-order valence-electron chi connectivity index (χ4n) is 3.06. The van der Waals surface area contributed by atoms with E-state index in [9.17, 15) is 0 Å². The smallest absolute Gasteiger partial charge is 0.132 e. The van der Waals surface area contributed by atoms with Crippen molar-refractivity contribution in [2.45, 2.75) is 20.4 Å². The molecule has 0 saturated carbocycles. The maximum atomic E-state index is 5.54. The summed E-state index contributed by atoms with van der Waals surface area (Å²) in [7, 11) is 1.73. The Morgan fingerprint density at radius 1 is 0.840 bits per heavy atom. The highest BCUT2D eigenvalue weighted by molar-refractivity contribution is 14.1. The first kappa shape index (κ1) is 17.8. The number of rotatable bonds is 5. The molecule has 0 radical (unpaired) electrons. The predicted molar refractivity (Wildman–Crippen MR) is 114 cm³/mol. The molecule has 0 spiro atoms. The fourth-order valence-corrected chi connectivity index (χ4v) is 4.15. The molecule has 3 aromatic rings. The van der Waals surface area contributed by atoms with E-state index in [-0.39, 0.29) is 0 Å². The van der Waals surface area contributed by atoms with Crippen LogP contribution in [0.5, 0.6) is 5.75 Å². The summed E-state index contributed by atoms with van der Waals surface area (Å²) in [5.74, 6) is 0.915. The predicted octanol–water partition coefficient (Wildman–Crippen LogP) is 6.20. The number of anilines is 1. The van der Waals surface area contributed by atoms with Gasteiger partial charge in [0.05, 0.1) is 10.7 Å². The molecule has 3 heteroatoms. The van der Waals surface area contributed by atoms with Gasteiger partial charge in [-0.1, -0.05) is 48.5 Å². The van der Waals surface area contributed by atoms with Crippen molar-refractivity contribution in [1.29, 1.82) is 0 Å². The Bertz CT molecular complexity index is 875. The zero-order chi connectivity index (χ0) is 17.8. The van der Waals surface area contributed by atoms with Crippen LogP contribution in [0, 0.1) is 17.4 Å². The minimum atomic E-state index is 0.802. The number of hydrogen-bond acceptors (Lipinski definition) is 2. The molecule has 3 rings (SSSR count). The van der Waals surface area contributed by atoms with Crippen molar-refractivity contribution in [3.05, 3.63) is 80.9 Å². The molecule has 3 aromatic carbocycles. The molecule has 1 N–H and O–H groups in total. The molecule has 2 nitrogen and oxygen atoms in total. The second-order valence-electron chi connectivity index (χ2n) is 6.11. The maximum absolute atomic E-state index is 5.54. The van der Waals surface area contributed by atoms with Crippen LogP contribution >= 0.6 is 22.6 Å². The molecule has 0 unspecified atom stereocenters. The lowest BCUT2D eigenvalue weighted by molar-refractivity contribution is 0.412. The van der Waals surface area contributed by atoms with E-state index in [1.807, 2.05) is 12.1 Å². The van der Waals surface area contributed by atoms with Crippen LogP contribution in [0.2, 0.25) is 0 Å². The molecule has 0 saturated heterocycles. The quantitative estimate of drug-likeness (QED) is 0.475. The normalized spacial score (nSPS) is 10.6. The Morgan fingerprint density at radius 3 is 2.28 bits per heavy atom. The minimum Gasteiger partial charge on any atom is -0.496 e. The van der Waals surface area contributed by atoms with E-state index in [1.165, 1.54) is 27.8 Å². The molecule has 0 amide bonds. The zero-order valence-corrected chi connectivity index (χ0v) is 16.9. The van der Waals surface area contributed by atoms with Gasteiger partial charge in [0.25, 0.3) is 0 Å². The second-order valence-corrected chi connectivity index (χ2v) is 7.19. The van der Waals surface area contributed by atoms with Crippen LogP contribution in [0.15, 0.2) is 60.7 Å². The molecule has 0 aliphatic rings. The van der Waals surface area contributed by atoms with Crippen LogP contribution in [0.25, 0.3) is 11.1 Å². The van der Waals surface area contributed by atoms with E-state index in [4.69, 9.17) is 4.74 Å². The van der Waals surface area contributed by atoms with Crippen molar-refractivity contribution in [2.24, 2.45) is 0 Å². The number of hydrogen-bond donors (Lipinski definition) is 1. The summed E-state index contributed by atoms with van der Waals surface area (Å²) in [6.07, 6.45) is 0. The first-order valence-corrected chi connectivity index (χ1v) is 9.40. The first-order chi connectivity index (χ1) is 12.1. The highest BCUT2D eigenvalue weighted by Gasteiger charge is 2.16. The Balaban J connectivity index is 2.05. The van der Waals surface area contributed by atoms with Crippen molar-refractivity contribution in [3.63, 3.8) is 0 Å². The summed E-state index contributed by atoms with van der Waals surface area (Å²) in [6.45, 7) is 5.12. The van der Waals surface area contributed by atoms with Crippen LogP contribution in [0.4, 0.5) is 5.69 Å². The molecule has 0 heterocycles. The number of benzene rings is 3. The third-order valence-corrected chi connectivity index (χ3v) is 5.45. The Morgan fingerprint density at radius 2 is 1.56 bits per heavy atom. The highest BCUT2D eigenvalue weighted by Crippen LogP contribution is 2.40. The minimum absolute atomic E-state index is 0.802. The summed E-state index contributed by atoms with van der Waals surface area (Å²) in [5, 5.41) is 3.62. The Kier molecular flexibility index (Phi) is 5.63. The third kappa shape index (κ3) is 3.82.